The molecule has 0 spiro atoms. The highest BCUT2D eigenvalue weighted by molar-refractivity contribution is 6.26. The van der Waals surface area contributed by atoms with Gasteiger partial charge >= 0.3 is 5.97 Å². The van der Waals surface area contributed by atoms with Crippen LogP contribution in [0.5, 0.6) is 0 Å². The van der Waals surface area contributed by atoms with Crippen LogP contribution in [0.15, 0.2) is 0 Å². The van der Waals surface area contributed by atoms with Gasteiger partial charge in [0.1, 0.15) is 0 Å². The van der Waals surface area contributed by atoms with Gasteiger partial charge in [0.15, 0.2) is 0 Å². The lowest BCUT2D eigenvalue weighted by atomic mass is 9.92. The molecule has 0 aromatic heterocycles. The van der Waals surface area contributed by atoms with E-state index in [-0.39, 0.29) is 11.0 Å². The molecule has 0 amide bonds. The van der Waals surface area contributed by atoms with Crippen LogP contribution in [0.4, 0.5) is 0 Å². The van der Waals surface area contributed by atoms with Gasteiger partial charge in [-0.15, -0.1) is 0 Å². The Bertz CT molecular complexity index is 227. The summed E-state index contributed by atoms with van der Waals surface area (Å²) in [7, 11) is 0.872. The Morgan fingerprint density at radius 1 is 1.17 bits per heavy atom. The van der Waals surface area contributed by atoms with Crippen LogP contribution in [0.2, 0.25) is 5.04 Å². The van der Waals surface area contributed by atoms with Crippen molar-refractivity contribution in [2.24, 2.45) is 5.92 Å². The number of hydrogen-bond acceptors (Lipinski definition) is 2. The molecule has 2 unspecified atom stereocenters. The lowest BCUT2D eigenvalue weighted by molar-refractivity contribution is -0.148. The highest BCUT2D eigenvalue weighted by Crippen LogP contribution is 2.34. The van der Waals surface area contributed by atoms with E-state index in [1.54, 1.807) is 0 Å². The summed E-state index contributed by atoms with van der Waals surface area (Å²) in [6.45, 7) is 9.18. The quantitative estimate of drug-likeness (QED) is 0.346. The van der Waals surface area contributed by atoms with Gasteiger partial charge in [0.2, 0.25) is 0 Å². The van der Waals surface area contributed by atoms with Crippen molar-refractivity contribution in [3.63, 3.8) is 0 Å². The Hall–Kier alpha value is -0.313. The molecule has 0 heterocycles. The van der Waals surface area contributed by atoms with Crippen molar-refractivity contribution in [2.75, 3.05) is 6.61 Å². The second kappa shape index (κ2) is 9.60. The first kappa shape index (κ1) is 17.7. The molecule has 0 aromatic carbocycles. The fourth-order valence-corrected chi connectivity index (χ4v) is 2.50. The largest absolute Gasteiger partial charge is 0.466 e. The van der Waals surface area contributed by atoms with Crippen LogP contribution in [0.3, 0.4) is 0 Å². The molecule has 2 atom stereocenters. The maximum atomic E-state index is 12.0. The van der Waals surface area contributed by atoms with Gasteiger partial charge in [0.25, 0.3) is 0 Å². The number of carbonyl (C=O) groups is 1. The van der Waals surface area contributed by atoms with Crippen molar-refractivity contribution in [3.8, 4) is 0 Å². The Morgan fingerprint density at radius 2 is 1.72 bits per heavy atom. The zero-order valence-corrected chi connectivity index (χ0v) is 15.1. The summed E-state index contributed by atoms with van der Waals surface area (Å²) in [5, 5.41) is -0.211. The van der Waals surface area contributed by atoms with Crippen molar-refractivity contribution in [2.45, 2.75) is 77.7 Å². The zero-order chi connectivity index (χ0) is 14.0. The number of ether oxygens (including phenoxy) is 1. The molecule has 0 fully saturated rings. The van der Waals surface area contributed by atoms with E-state index >= 15 is 0 Å². The van der Waals surface area contributed by atoms with Crippen LogP contribution in [0.25, 0.3) is 0 Å². The molecule has 18 heavy (non-hydrogen) atoms. The normalized spacial score (nSPS) is 16.2. The van der Waals surface area contributed by atoms with Crippen molar-refractivity contribution in [1.29, 1.82) is 0 Å². The van der Waals surface area contributed by atoms with Crippen molar-refractivity contribution in [3.05, 3.63) is 0 Å². The minimum absolute atomic E-state index is 0.0251. The van der Waals surface area contributed by atoms with Crippen LogP contribution in [-0.2, 0) is 9.53 Å². The predicted molar refractivity (Wildman–Crippen MR) is 82.1 cm³/mol. The Balaban J connectivity index is 3.70. The summed E-state index contributed by atoms with van der Waals surface area (Å²) >= 11 is 0. The maximum absolute atomic E-state index is 12.0. The lowest BCUT2D eigenvalue weighted by Gasteiger charge is -2.28. The van der Waals surface area contributed by atoms with Gasteiger partial charge in [-0.05, 0) is 12.3 Å². The molecule has 0 aliphatic rings. The Labute approximate surface area is 116 Å². The summed E-state index contributed by atoms with van der Waals surface area (Å²) < 4.78 is 5.43. The molecule has 108 valence electrons. The van der Waals surface area contributed by atoms with Crippen LogP contribution < -0.4 is 0 Å². The second-order valence-corrected chi connectivity index (χ2v) is 8.01. The fourth-order valence-electron chi connectivity index (χ4n) is 1.94. The van der Waals surface area contributed by atoms with Crippen molar-refractivity contribution < 1.29 is 9.53 Å². The number of hydrogen-bond donors (Lipinski definition) is 0. The Morgan fingerprint density at radius 3 is 2.28 bits per heavy atom. The molecule has 0 rings (SSSR count). The van der Waals surface area contributed by atoms with Gasteiger partial charge in [-0.25, -0.2) is 0 Å². The third-order valence-electron chi connectivity index (χ3n) is 4.10. The van der Waals surface area contributed by atoms with E-state index in [2.05, 4.69) is 27.7 Å². The first-order valence-electron chi connectivity index (χ1n) is 7.64. The molecule has 2 nitrogen and oxygen atoms in total. The third-order valence-corrected chi connectivity index (χ3v) is 5.50. The van der Waals surface area contributed by atoms with Gasteiger partial charge in [0, 0.05) is 10.2 Å². The summed E-state index contributed by atoms with van der Waals surface area (Å²) in [4.78, 5) is 12.0. The number of rotatable bonds is 10. The summed E-state index contributed by atoms with van der Waals surface area (Å²) in [5.74, 6) is 0.457. The number of carbonyl (C=O) groups excluding carboxylic acids is 1. The molecule has 3 heteroatoms. The van der Waals surface area contributed by atoms with Gasteiger partial charge < -0.3 is 4.74 Å². The SMILES string of the molecule is CCCCCCCCOC(=O)C(C)([SiH3])C(C)CC. The van der Waals surface area contributed by atoms with E-state index in [0.717, 1.165) is 23.1 Å². The second-order valence-electron chi connectivity index (χ2n) is 5.93. The molecule has 0 N–H and O–H groups in total. The molecule has 0 bridgehead atoms. The lowest BCUT2D eigenvalue weighted by Crippen LogP contribution is -2.30. The van der Waals surface area contributed by atoms with Gasteiger partial charge in [-0.3, -0.25) is 4.79 Å². The molecular weight excluding hydrogens is 240 g/mol. The van der Waals surface area contributed by atoms with E-state index in [1.165, 1.54) is 32.1 Å². The van der Waals surface area contributed by atoms with Gasteiger partial charge in [-0.2, -0.15) is 0 Å². The van der Waals surface area contributed by atoms with E-state index in [4.69, 9.17) is 4.74 Å². The average molecular weight is 273 g/mol. The van der Waals surface area contributed by atoms with E-state index < -0.39 is 0 Å². The molecule has 0 aliphatic heterocycles. The first-order valence-corrected chi connectivity index (χ1v) is 8.64. The smallest absolute Gasteiger partial charge is 0.308 e. The highest BCUT2D eigenvalue weighted by atomic mass is 28.1. The van der Waals surface area contributed by atoms with E-state index in [0.29, 0.717) is 12.5 Å². The topological polar surface area (TPSA) is 26.3 Å². The number of unbranched alkanes of at least 4 members (excludes halogenated alkanes) is 5. The summed E-state index contributed by atoms with van der Waals surface area (Å²) in [6.07, 6.45) is 8.45. The maximum Gasteiger partial charge on any atom is 0.308 e. The molecular formula is C15H32O2Si. The van der Waals surface area contributed by atoms with Crippen LogP contribution in [0.1, 0.15) is 72.6 Å². The summed E-state index contributed by atoms with van der Waals surface area (Å²) in [6, 6.07) is 0. The molecule has 0 saturated carbocycles. The van der Waals surface area contributed by atoms with Crippen LogP contribution >= 0.6 is 0 Å². The molecule has 0 radical (unpaired) electrons. The molecule has 0 aromatic rings. The van der Waals surface area contributed by atoms with Crippen molar-refractivity contribution in [1.82, 2.24) is 0 Å². The molecule has 0 saturated heterocycles. The van der Waals surface area contributed by atoms with E-state index in [1.807, 2.05) is 0 Å². The van der Waals surface area contributed by atoms with Gasteiger partial charge in [-0.1, -0.05) is 66.2 Å². The third kappa shape index (κ3) is 6.57. The van der Waals surface area contributed by atoms with Crippen LogP contribution in [-0.4, -0.2) is 22.8 Å². The zero-order valence-electron chi connectivity index (χ0n) is 13.1. The minimum atomic E-state index is -0.211. The predicted octanol–water partition coefficient (Wildman–Crippen LogP) is 3.48. The van der Waals surface area contributed by atoms with Crippen molar-refractivity contribution >= 4 is 16.2 Å². The van der Waals surface area contributed by atoms with Crippen LogP contribution in [0, 0.1) is 5.92 Å². The molecule has 0 aliphatic carbocycles. The monoisotopic (exact) mass is 272 g/mol. The summed E-state index contributed by atoms with van der Waals surface area (Å²) in [5.41, 5.74) is 0. The fraction of sp³-hybridized carbons (Fsp3) is 0.933. The first-order chi connectivity index (χ1) is 8.46. The van der Waals surface area contributed by atoms with E-state index in [9.17, 15) is 4.79 Å². The van der Waals surface area contributed by atoms with Gasteiger partial charge in [0.05, 0.1) is 11.6 Å². The Kier molecular flexibility index (Phi) is 9.43. The number of esters is 1. The standard InChI is InChI=1S/C15H32O2Si/c1-5-7-8-9-10-11-12-17-14(16)15(4,18)13(3)6-2/h13H,5-12H2,1-4,18H3. The highest BCUT2D eigenvalue weighted by Gasteiger charge is 2.34. The minimum Gasteiger partial charge on any atom is -0.466 e. The average Bonchev–Trinajstić information content (AvgIpc) is 2.36.